The quantitative estimate of drug-likeness (QED) is 0.743. The Morgan fingerprint density at radius 1 is 1.58 bits per heavy atom. The second-order valence-electron chi connectivity index (χ2n) is 4.70. The largest absolute Gasteiger partial charge is 0.383 e. The van der Waals surface area contributed by atoms with E-state index < -0.39 is 0 Å². The molecule has 1 aromatic rings. The molecule has 6 nitrogen and oxygen atoms in total. The van der Waals surface area contributed by atoms with Crippen molar-refractivity contribution < 1.29 is 9.47 Å². The molecule has 0 spiro atoms. The molecule has 0 radical (unpaired) electrons. The van der Waals surface area contributed by atoms with Crippen LogP contribution in [0.3, 0.4) is 0 Å². The fraction of sp³-hybridized carbons (Fsp3) is 0.692. The number of nitrogens with one attached hydrogen (secondary N) is 1. The highest BCUT2D eigenvalue weighted by atomic mass is 16.5. The summed E-state index contributed by atoms with van der Waals surface area (Å²) < 4.78 is 10.7. The van der Waals surface area contributed by atoms with Gasteiger partial charge in [-0.25, -0.2) is 9.97 Å². The minimum Gasteiger partial charge on any atom is -0.383 e. The summed E-state index contributed by atoms with van der Waals surface area (Å²) in [6.07, 6.45) is 1.78. The van der Waals surface area contributed by atoms with Gasteiger partial charge in [-0.15, -0.1) is 0 Å². The van der Waals surface area contributed by atoms with Crippen LogP contribution in [0.2, 0.25) is 0 Å². The average Bonchev–Trinajstić information content (AvgIpc) is 2.44. The van der Waals surface area contributed by atoms with Crippen molar-refractivity contribution in [2.45, 2.75) is 12.6 Å². The molecule has 1 fully saturated rings. The van der Waals surface area contributed by atoms with E-state index in [0.717, 1.165) is 44.3 Å². The van der Waals surface area contributed by atoms with Gasteiger partial charge in [-0.1, -0.05) is 0 Å². The molecule has 0 aliphatic carbocycles. The van der Waals surface area contributed by atoms with Crippen LogP contribution in [0, 0.1) is 0 Å². The van der Waals surface area contributed by atoms with Crippen molar-refractivity contribution in [1.82, 2.24) is 20.2 Å². The summed E-state index contributed by atoms with van der Waals surface area (Å²) in [5.41, 5.74) is 0.984. The highest BCUT2D eigenvalue weighted by molar-refractivity contribution is 5.05. The molecule has 1 N–H and O–H groups in total. The molecular formula is C13H22N4O2. The Labute approximate surface area is 114 Å². The number of likely N-dealkylation sites (N-methyl/N-ethyl adjacent to an activating group) is 1. The molecule has 1 saturated heterocycles. The molecule has 0 saturated carbocycles. The maximum absolute atomic E-state index is 5.73. The van der Waals surface area contributed by atoms with E-state index in [1.54, 1.807) is 13.3 Å². The summed E-state index contributed by atoms with van der Waals surface area (Å²) in [4.78, 5) is 11.1. The molecule has 0 amide bonds. The van der Waals surface area contributed by atoms with E-state index in [0.29, 0.717) is 6.61 Å². The van der Waals surface area contributed by atoms with Crippen molar-refractivity contribution in [1.29, 1.82) is 0 Å². The van der Waals surface area contributed by atoms with Gasteiger partial charge in [-0.3, -0.25) is 0 Å². The summed E-state index contributed by atoms with van der Waals surface area (Å²) in [6, 6.07) is 1.93. The van der Waals surface area contributed by atoms with Crippen LogP contribution in [0.15, 0.2) is 12.3 Å². The molecule has 0 aromatic carbocycles. The van der Waals surface area contributed by atoms with Gasteiger partial charge in [-0.05, 0) is 13.1 Å². The van der Waals surface area contributed by atoms with Crippen molar-refractivity contribution in [3.8, 4) is 0 Å². The summed E-state index contributed by atoms with van der Waals surface area (Å²) in [7, 11) is 3.78. The van der Waals surface area contributed by atoms with Crippen molar-refractivity contribution >= 4 is 0 Å². The molecule has 19 heavy (non-hydrogen) atoms. The molecule has 106 valence electrons. The SMILES string of the molecule is COCCNCc1ccnc(C2CN(C)CCO2)n1. The van der Waals surface area contributed by atoms with E-state index in [-0.39, 0.29) is 6.10 Å². The first kappa shape index (κ1) is 14.3. The Morgan fingerprint density at radius 2 is 2.47 bits per heavy atom. The Bertz CT molecular complexity index is 389. The zero-order valence-electron chi connectivity index (χ0n) is 11.6. The van der Waals surface area contributed by atoms with Crippen LogP contribution < -0.4 is 5.32 Å². The Balaban J connectivity index is 1.90. The van der Waals surface area contributed by atoms with Gasteiger partial charge in [-0.2, -0.15) is 0 Å². The lowest BCUT2D eigenvalue weighted by molar-refractivity contribution is -0.0256. The molecule has 0 bridgehead atoms. The number of hydrogen-bond donors (Lipinski definition) is 1. The first-order valence-electron chi connectivity index (χ1n) is 6.61. The van der Waals surface area contributed by atoms with E-state index in [4.69, 9.17) is 9.47 Å². The highest BCUT2D eigenvalue weighted by Gasteiger charge is 2.21. The monoisotopic (exact) mass is 266 g/mol. The van der Waals surface area contributed by atoms with E-state index in [1.165, 1.54) is 0 Å². The fourth-order valence-corrected chi connectivity index (χ4v) is 1.99. The number of methoxy groups -OCH3 is 1. The third kappa shape index (κ3) is 4.50. The van der Waals surface area contributed by atoms with Gasteiger partial charge in [0.15, 0.2) is 5.82 Å². The Hall–Kier alpha value is -1.08. The van der Waals surface area contributed by atoms with Crippen molar-refractivity contribution in [2.24, 2.45) is 0 Å². The lowest BCUT2D eigenvalue weighted by atomic mass is 10.2. The number of rotatable bonds is 6. The van der Waals surface area contributed by atoms with Crippen LogP contribution in [-0.4, -0.2) is 61.9 Å². The second kappa shape index (κ2) is 7.49. The topological polar surface area (TPSA) is 59.5 Å². The van der Waals surface area contributed by atoms with Crippen LogP contribution in [-0.2, 0) is 16.0 Å². The van der Waals surface area contributed by atoms with E-state index in [9.17, 15) is 0 Å². The number of hydrogen-bond acceptors (Lipinski definition) is 6. The number of aromatic nitrogens is 2. The van der Waals surface area contributed by atoms with Gasteiger partial charge in [0.1, 0.15) is 6.10 Å². The number of ether oxygens (including phenoxy) is 2. The molecule has 1 aliphatic rings. The minimum atomic E-state index is -0.0160. The predicted octanol–water partition coefficient (Wildman–Crippen LogP) is 0.216. The van der Waals surface area contributed by atoms with Gasteiger partial charge < -0.3 is 19.7 Å². The summed E-state index contributed by atoms with van der Waals surface area (Å²) >= 11 is 0. The van der Waals surface area contributed by atoms with Gasteiger partial charge in [0.2, 0.25) is 0 Å². The zero-order chi connectivity index (χ0) is 13.5. The maximum Gasteiger partial charge on any atom is 0.158 e. The molecule has 2 rings (SSSR count). The average molecular weight is 266 g/mol. The van der Waals surface area contributed by atoms with Gasteiger partial charge in [0.05, 0.1) is 18.9 Å². The van der Waals surface area contributed by atoms with Crippen molar-refractivity contribution in [3.05, 3.63) is 23.8 Å². The number of nitrogens with zero attached hydrogens (tertiary/aromatic N) is 3. The first-order chi connectivity index (χ1) is 9.29. The molecule has 1 aliphatic heterocycles. The van der Waals surface area contributed by atoms with Crippen LogP contribution in [0.5, 0.6) is 0 Å². The number of morpholine rings is 1. The normalized spacial score (nSPS) is 20.6. The molecule has 2 heterocycles. The van der Waals surface area contributed by atoms with Gasteiger partial charge in [0.25, 0.3) is 0 Å². The predicted molar refractivity (Wildman–Crippen MR) is 71.8 cm³/mol. The molecule has 1 atom stereocenters. The van der Waals surface area contributed by atoms with Crippen LogP contribution in [0.25, 0.3) is 0 Å². The summed E-state index contributed by atoms with van der Waals surface area (Å²) in [5.74, 6) is 0.776. The first-order valence-corrected chi connectivity index (χ1v) is 6.61. The second-order valence-corrected chi connectivity index (χ2v) is 4.70. The van der Waals surface area contributed by atoms with E-state index in [2.05, 4.69) is 27.2 Å². The minimum absolute atomic E-state index is 0.0160. The van der Waals surface area contributed by atoms with Crippen LogP contribution in [0.4, 0.5) is 0 Å². The standard InChI is InChI=1S/C13H22N4O2/c1-17-6-8-19-12(10-17)13-15-4-3-11(16-13)9-14-5-7-18-2/h3-4,12,14H,5-10H2,1-2H3. The lowest BCUT2D eigenvalue weighted by Gasteiger charge is -2.29. The Kier molecular flexibility index (Phi) is 5.65. The molecule has 1 aromatic heterocycles. The third-order valence-electron chi connectivity index (χ3n) is 3.08. The molecule has 1 unspecified atom stereocenters. The van der Waals surface area contributed by atoms with Crippen LogP contribution in [0.1, 0.15) is 17.6 Å². The summed E-state index contributed by atoms with van der Waals surface area (Å²) in [6.45, 7) is 4.80. The van der Waals surface area contributed by atoms with E-state index in [1.807, 2.05) is 6.07 Å². The molecular weight excluding hydrogens is 244 g/mol. The highest BCUT2D eigenvalue weighted by Crippen LogP contribution is 2.17. The lowest BCUT2D eigenvalue weighted by Crippen LogP contribution is -2.36. The zero-order valence-corrected chi connectivity index (χ0v) is 11.6. The van der Waals surface area contributed by atoms with Gasteiger partial charge in [0, 0.05) is 39.5 Å². The maximum atomic E-state index is 5.73. The van der Waals surface area contributed by atoms with Crippen LogP contribution >= 0.6 is 0 Å². The third-order valence-corrected chi connectivity index (χ3v) is 3.08. The molecule has 6 heteroatoms. The van der Waals surface area contributed by atoms with E-state index >= 15 is 0 Å². The van der Waals surface area contributed by atoms with Crippen molar-refractivity contribution in [2.75, 3.05) is 47.0 Å². The smallest absolute Gasteiger partial charge is 0.158 e. The van der Waals surface area contributed by atoms with Crippen molar-refractivity contribution in [3.63, 3.8) is 0 Å². The fourth-order valence-electron chi connectivity index (χ4n) is 1.99. The summed E-state index contributed by atoms with van der Waals surface area (Å²) in [5, 5.41) is 3.28. The Morgan fingerprint density at radius 3 is 3.26 bits per heavy atom. The van der Waals surface area contributed by atoms with Gasteiger partial charge >= 0.3 is 0 Å².